The summed E-state index contributed by atoms with van der Waals surface area (Å²) >= 11 is 0. The Hall–Kier alpha value is -0.0800. The molecule has 2 fully saturated rings. The summed E-state index contributed by atoms with van der Waals surface area (Å²) < 4.78 is 0. The molecule has 19 heavy (non-hydrogen) atoms. The van der Waals surface area contributed by atoms with E-state index in [1.807, 2.05) is 0 Å². The Bertz CT molecular complexity index is 250. The molecule has 2 nitrogen and oxygen atoms in total. The Morgan fingerprint density at radius 1 is 1.11 bits per heavy atom. The van der Waals surface area contributed by atoms with E-state index in [1.54, 1.807) is 0 Å². The Morgan fingerprint density at radius 2 is 1.74 bits per heavy atom. The minimum Gasteiger partial charge on any atom is -0.314 e. The van der Waals surface area contributed by atoms with Crippen LogP contribution in [0.5, 0.6) is 0 Å². The van der Waals surface area contributed by atoms with Gasteiger partial charge in [0, 0.05) is 18.1 Å². The van der Waals surface area contributed by atoms with E-state index >= 15 is 0 Å². The van der Waals surface area contributed by atoms with Gasteiger partial charge in [-0.2, -0.15) is 0 Å². The van der Waals surface area contributed by atoms with E-state index in [9.17, 15) is 0 Å². The van der Waals surface area contributed by atoms with Crippen LogP contribution in [0.2, 0.25) is 0 Å². The third-order valence-electron chi connectivity index (χ3n) is 5.42. The van der Waals surface area contributed by atoms with Gasteiger partial charge in [-0.05, 0) is 70.4 Å². The molecule has 2 aliphatic heterocycles. The normalized spacial score (nSPS) is 33.0. The number of nitrogens with zero attached hydrogens (tertiary/aromatic N) is 1. The predicted molar refractivity (Wildman–Crippen MR) is 83.5 cm³/mol. The van der Waals surface area contributed by atoms with Gasteiger partial charge < -0.3 is 10.2 Å². The van der Waals surface area contributed by atoms with Gasteiger partial charge in [0.05, 0.1) is 0 Å². The summed E-state index contributed by atoms with van der Waals surface area (Å²) in [4.78, 5) is 2.66. The van der Waals surface area contributed by atoms with Crippen LogP contribution in [0, 0.1) is 11.8 Å². The Balaban J connectivity index is 1.90. The second-order valence-electron chi connectivity index (χ2n) is 7.31. The van der Waals surface area contributed by atoms with Crippen LogP contribution < -0.4 is 5.32 Å². The van der Waals surface area contributed by atoms with Crippen LogP contribution in [0.15, 0.2) is 0 Å². The van der Waals surface area contributed by atoms with Gasteiger partial charge in [-0.3, -0.25) is 0 Å². The van der Waals surface area contributed by atoms with Crippen LogP contribution in [0.4, 0.5) is 0 Å². The molecule has 0 aromatic carbocycles. The first-order chi connectivity index (χ1) is 9.11. The Morgan fingerprint density at radius 3 is 2.26 bits per heavy atom. The van der Waals surface area contributed by atoms with Crippen molar-refractivity contribution in [2.24, 2.45) is 11.8 Å². The maximum absolute atomic E-state index is 3.86. The average molecular weight is 266 g/mol. The zero-order chi connectivity index (χ0) is 13.8. The molecule has 2 heterocycles. The van der Waals surface area contributed by atoms with E-state index in [-0.39, 0.29) is 0 Å². The van der Waals surface area contributed by atoms with Gasteiger partial charge in [0.2, 0.25) is 0 Å². The molecule has 0 aromatic rings. The van der Waals surface area contributed by atoms with Gasteiger partial charge in [0.1, 0.15) is 0 Å². The third-order valence-corrected chi connectivity index (χ3v) is 5.42. The van der Waals surface area contributed by atoms with E-state index in [0.717, 1.165) is 30.0 Å². The summed E-state index contributed by atoms with van der Waals surface area (Å²) in [6, 6.07) is 2.54. The molecule has 0 amide bonds. The number of rotatable bonds is 7. The average Bonchev–Trinajstić information content (AvgIpc) is 2.62. The highest BCUT2D eigenvalue weighted by atomic mass is 15.2. The number of fused-ring (bicyclic) bond motifs is 2. The SMILES string of the molecule is CCCNC(CCC(C)C)C1CC2CCC(C1)N2C. The quantitative estimate of drug-likeness (QED) is 0.756. The summed E-state index contributed by atoms with van der Waals surface area (Å²) in [5.74, 6) is 1.77. The van der Waals surface area contributed by atoms with Crippen molar-refractivity contribution in [3.8, 4) is 0 Å². The van der Waals surface area contributed by atoms with Gasteiger partial charge in [-0.15, -0.1) is 0 Å². The fraction of sp³-hybridized carbons (Fsp3) is 1.00. The van der Waals surface area contributed by atoms with Crippen molar-refractivity contribution in [2.45, 2.75) is 83.8 Å². The largest absolute Gasteiger partial charge is 0.314 e. The summed E-state index contributed by atoms with van der Waals surface area (Å²) in [6.45, 7) is 8.19. The molecule has 3 atom stereocenters. The van der Waals surface area contributed by atoms with E-state index in [2.05, 4.69) is 38.0 Å². The van der Waals surface area contributed by atoms with Gasteiger partial charge in [0.25, 0.3) is 0 Å². The first kappa shape index (κ1) is 15.3. The van der Waals surface area contributed by atoms with Gasteiger partial charge in [0.15, 0.2) is 0 Å². The lowest BCUT2D eigenvalue weighted by molar-refractivity contribution is 0.108. The number of nitrogens with one attached hydrogen (secondary N) is 1. The van der Waals surface area contributed by atoms with Crippen molar-refractivity contribution in [3.05, 3.63) is 0 Å². The summed E-state index contributed by atoms with van der Waals surface area (Å²) in [5.41, 5.74) is 0. The smallest absolute Gasteiger partial charge is 0.00989 e. The van der Waals surface area contributed by atoms with Crippen LogP contribution in [-0.4, -0.2) is 36.6 Å². The van der Waals surface area contributed by atoms with Crippen molar-refractivity contribution >= 4 is 0 Å². The molecule has 3 unspecified atom stereocenters. The molecule has 2 saturated heterocycles. The monoisotopic (exact) mass is 266 g/mol. The molecule has 0 aromatic heterocycles. The molecule has 2 heteroatoms. The summed E-state index contributed by atoms with van der Waals surface area (Å²) in [7, 11) is 2.35. The highest BCUT2D eigenvalue weighted by molar-refractivity contribution is 4.96. The van der Waals surface area contributed by atoms with Gasteiger partial charge >= 0.3 is 0 Å². The second kappa shape index (κ2) is 7.08. The fourth-order valence-corrected chi connectivity index (χ4v) is 4.13. The van der Waals surface area contributed by atoms with E-state index in [4.69, 9.17) is 0 Å². The lowest BCUT2D eigenvalue weighted by Crippen LogP contribution is -2.47. The lowest BCUT2D eigenvalue weighted by atomic mass is 9.82. The lowest BCUT2D eigenvalue weighted by Gasteiger charge is -2.40. The molecule has 112 valence electrons. The standard InChI is InChI=1S/C17H34N2/c1-5-10-18-17(9-6-13(2)3)14-11-15-7-8-16(12-14)19(15)4/h13-18H,5-12H2,1-4H3. The molecular formula is C17H34N2. The van der Waals surface area contributed by atoms with Crippen molar-refractivity contribution in [3.63, 3.8) is 0 Å². The van der Waals surface area contributed by atoms with Gasteiger partial charge in [-0.1, -0.05) is 20.8 Å². The van der Waals surface area contributed by atoms with Crippen molar-refractivity contribution < 1.29 is 0 Å². The summed E-state index contributed by atoms with van der Waals surface area (Å²) in [6.07, 6.45) is 9.79. The molecule has 0 aliphatic carbocycles. The molecule has 2 aliphatic rings. The number of piperidine rings is 1. The molecule has 0 saturated carbocycles. The zero-order valence-electron chi connectivity index (χ0n) is 13.5. The van der Waals surface area contributed by atoms with Crippen LogP contribution in [0.25, 0.3) is 0 Å². The maximum Gasteiger partial charge on any atom is 0.00989 e. The maximum atomic E-state index is 3.86. The first-order valence-electron chi connectivity index (χ1n) is 8.57. The van der Waals surface area contributed by atoms with Gasteiger partial charge in [-0.25, -0.2) is 0 Å². The molecule has 1 N–H and O–H groups in total. The van der Waals surface area contributed by atoms with Crippen molar-refractivity contribution in [2.75, 3.05) is 13.6 Å². The third kappa shape index (κ3) is 3.95. The minimum absolute atomic E-state index is 0.777. The number of hydrogen-bond donors (Lipinski definition) is 1. The van der Waals surface area contributed by atoms with E-state index in [1.165, 1.54) is 51.5 Å². The second-order valence-corrected chi connectivity index (χ2v) is 7.31. The van der Waals surface area contributed by atoms with Crippen molar-refractivity contribution in [1.82, 2.24) is 10.2 Å². The highest BCUT2D eigenvalue weighted by Gasteiger charge is 2.40. The predicted octanol–water partition coefficient (Wildman–Crippen LogP) is 3.66. The topological polar surface area (TPSA) is 15.3 Å². The Labute approximate surface area is 120 Å². The fourth-order valence-electron chi connectivity index (χ4n) is 4.13. The molecule has 0 spiro atoms. The van der Waals surface area contributed by atoms with Crippen molar-refractivity contribution in [1.29, 1.82) is 0 Å². The minimum atomic E-state index is 0.777. The molecular weight excluding hydrogens is 232 g/mol. The summed E-state index contributed by atoms with van der Waals surface area (Å²) in [5, 5.41) is 3.86. The zero-order valence-corrected chi connectivity index (χ0v) is 13.5. The van der Waals surface area contributed by atoms with Crippen LogP contribution in [0.3, 0.4) is 0 Å². The van der Waals surface area contributed by atoms with Crippen LogP contribution in [-0.2, 0) is 0 Å². The van der Waals surface area contributed by atoms with E-state index in [0.29, 0.717) is 0 Å². The molecule has 0 radical (unpaired) electrons. The Kier molecular flexibility index (Phi) is 5.70. The highest BCUT2D eigenvalue weighted by Crippen LogP contribution is 2.39. The van der Waals surface area contributed by atoms with E-state index < -0.39 is 0 Å². The van der Waals surface area contributed by atoms with Crippen LogP contribution in [0.1, 0.15) is 65.7 Å². The molecule has 2 rings (SSSR count). The van der Waals surface area contributed by atoms with Crippen LogP contribution >= 0.6 is 0 Å². The molecule has 2 bridgehead atoms. The number of hydrogen-bond acceptors (Lipinski definition) is 2. The first-order valence-corrected chi connectivity index (χ1v) is 8.57.